The van der Waals surface area contributed by atoms with Crippen molar-refractivity contribution in [2.75, 3.05) is 13.7 Å². The van der Waals surface area contributed by atoms with Gasteiger partial charge in [0.1, 0.15) is 6.61 Å². The van der Waals surface area contributed by atoms with E-state index in [4.69, 9.17) is 9.47 Å². The van der Waals surface area contributed by atoms with Crippen LogP contribution >= 0.6 is 0 Å². The summed E-state index contributed by atoms with van der Waals surface area (Å²) in [7, 11) is 1.17. The molecular formula is C12H20O6. The molecule has 3 atom stereocenters. The summed E-state index contributed by atoms with van der Waals surface area (Å²) in [5.74, 6) is -2.03. The largest absolute Gasteiger partial charge is 0.467 e. The van der Waals surface area contributed by atoms with Crippen LogP contribution in [0.2, 0.25) is 0 Å². The Morgan fingerprint density at radius 1 is 1.56 bits per heavy atom. The second-order valence-corrected chi connectivity index (χ2v) is 4.82. The van der Waals surface area contributed by atoms with Crippen LogP contribution in [0.25, 0.3) is 0 Å². The lowest BCUT2D eigenvalue weighted by molar-refractivity contribution is -0.211. The van der Waals surface area contributed by atoms with Crippen LogP contribution in [0.5, 0.6) is 0 Å². The lowest BCUT2D eigenvalue weighted by Gasteiger charge is -2.35. The van der Waals surface area contributed by atoms with Gasteiger partial charge in [-0.25, -0.2) is 4.79 Å². The molecule has 1 fully saturated rings. The fourth-order valence-corrected chi connectivity index (χ4v) is 1.96. The van der Waals surface area contributed by atoms with Crippen LogP contribution in [0.3, 0.4) is 0 Å². The minimum atomic E-state index is -1.85. The average Bonchev–Trinajstić information content (AvgIpc) is 2.29. The van der Waals surface area contributed by atoms with E-state index in [0.717, 1.165) is 0 Å². The summed E-state index contributed by atoms with van der Waals surface area (Å²) >= 11 is 0. The van der Waals surface area contributed by atoms with E-state index in [1.54, 1.807) is 0 Å². The number of ketones is 1. The van der Waals surface area contributed by atoms with Crippen LogP contribution in [0.15, 0.2) is 0 Å². The topological polar surface area (TPSA) is 82.1 Å². The van der Waals surface area contributed by atoms with Gasteiger partial charge in [0.2, 0.25) is 0 Å². The van der Waals surface area contributed by atoms with Crippen LogP contribution in [0, 0.1) is 5.92 Å². The molecule has 0 aliphatic carbocycles. The van der Waals surface area contributed by atoms with Gasteiger partial charge in [-0.05, 0) is 20.8 Å². The van der Waals surface area contributed by atoms with Crippen molar-refractivity contribution in [1.29, 1.82) is 0 Å². The third-order valence-electron chi connectivity index (χ3n) is 2.93. The molecule has 104 valence electrons. The van der Waals surface area contributed by atoms with Gasteiger partial charge >= 0.3 is 5.97 Å². The fraction of sp³-hybridized carbons (Fsp3) is 0.833. The first kappa shape index (κ1) is 15.1. The highest BCUT2D eigenvalue weighted by Crippen LogP contribution is 2.29. The molecular weight excluding hydrogens is 240 g/mol. The van der Waals surface area contributed by atoms with Crippen LogP contribution in [0.1, 0.15) is 27.2 Å². The Balaban J connectivity index is 2.79. The maximum absolute atomic E-state index is 11.7. The SMILES string of the molecule is COC(=O)[C@@](C)(O)[C@H]1C[C@H](OC(C)C)OCC1=O. The molecule has 1 aliphatic rings. The first-order valence-corrected chi connectivity index (χ1v) is 5.89. The van der Waals surface area contributed by atoms with E-state index in [9.17, 15) is 14.7 Å². The Kier molecular flexibility index (Phi) is 4.84. The van der Waals surface area contributed by atoms with E-state index in [1.807, 2.05) is 13.8 Å². The molecule has 0 spiro atoms. The van der Waals surface area contributed by atoms with Crippen molar-refractivity contribution in [3.8, 4) is 0 Å². The maximum atomic E-state index is 11.7. The molecule has 0 aromatic rings. The summed E-state index contributed by atoms with van der Waals surface area (Å²) < 4.78 is 15.2. The summed E-state index contributed by atoms with van der Waals surface area (Å²) in [6.07, 6.45) is -0.519. The number of hydrogen-bond donors (Lipinski definition) is 1. The van der Waals surface area contributed by atoms with Gasteiger partial charge in [-0.15, -0.1) is 0 Å². The van der Waals surface area contributed by atoms with Crippen molar-refractivity contribution in [2.45, 2.75) is 45.2 Å². The maximum Gasteiger partial charge on any atom is 0.338 e. The quantitative estimate of drug-likeness (QED) is 0.730. The van der Waals surface area contributed by atoms with Crippen LogP contribution < -0.4 is 0 Å². The van der Waals surface area contributed by atoms with Crippen molar-refractivity contribution in [3.05, 3.63) is 0 Å². The molecule has 0 aromatic carbocycles. The van der Waals surface area contributed by atoms with Gasteiger partial charge in [0.05, 0.1) is 19.1 Å². The van der Waals surface area contributed by atoms with Gasteiger partial charge in [0, 0.05) is 6.42 Å². The van der Waals surface area contributed by atoms with Gasteiger partial charge < -0.3 is 19.3 Å². The Morgan fingerprint density at radius 3 is 2.67 bits per heavy atom. The second kappa shape index (κ2) is 5.77. The zero-order valence-electron chi connectivity index (χ0n) is 11.1. The molecule has 0 unspecified atom stereocenters. The Labute approximate surface area is 106 Å². The monoisotopic (exact) mass is 260 g/mol. The first-order chi connectivity index (χ1) is 8.28. The molecule has 1 heterocycles. The average molecular weight is 260 g/mol. The van der Waals surface area contributed by atoms with E-state index in [2.05, 4.69) is 4.74 Å². The van der Waals surface area contributed by atoms with Gasteiger partial charge in [0.25, 0.3) is 0 Å². The highest BCUT2D eigenvalue weighted by atomic mass is 16.7. The third-order valence-corrected chi connectivity index (χ3v) is 2.93. The third kappa shape index (κ3) is 3.28. The van der Waals surface area contributed by atoms with Crippen molar-refractivity contribution < 1.29 is 28.9 Å². The summed E-state index contributed by atoms with van der Waals surface area (Å²) in [5, 5.41) is 10.1. The smallest absolute Gasteiger partial charge is 0.338 e. The minimum absolute atomic E-state index is 0.0630. The molecule has 18 heavy (non-hydrogen) atoms. The summed E-state index contributed by atoms with van der Waals surface area (Å²) in [6, 6.07) is 0. The highest BCUT2D eigenvalue weighted by molar-refractivity contribution is 5.91. The van der Waals surface area contributed by atoms with E-state index in [1.165, 1.54) is 14.0 Å². The number of methoxy groups -OCH3 is 1. The van der Waals surface area contributed by atoms with E-state index in [0.29, 0.717) is 0 Å². The summed E-state index contributed by atoms with van der Waals surface area (Å²) in [6.45, 7) is 4.79. The molecule has 0 radical (unpaired) electrons. The molecule has 1 N–H and O–H groups in total. The molecule has 1 aliphatic heterocycles. The minimum Gasteiger partial charge on any atom is -0.467 e. The summed E-state index contributed by atoms with van der Waals surface area (Å²) in [5.41, 5.74) is -1.85. The number of ether oxygens (including phenoxy) is 3. The zero-order chi connectivity index (χ0) is 13.9. The molecule has 0 amide bonds. The number of aliphatic hydroxyl groups is 1. The standard InChI is InChI=1S/C12H20O6/c1-7(2)18-10-5-8(9(13)6-17-10)12(3,15)11(14)16-4/h7-8,10,15H,5-6H2,1-4H3/t8-,10-,12-/m0/s1. The molecule has 6 heteroatoms. The molecule has 1 rings (SSSR count). The molecule has 0 saturated carbocycles. The van der Waals surface area contributed by atoms with Gasteiger partial charge in [-0.2, -0.15) is 0 Å². The van der Waals surface area contributed by atoms with Crippen molar-refractivity contribution in [1.82, 2.24) is 0 Å². The highest BCUT2D eigenvalue weighted by Gasteiger charge is 2.48. The number of rotatable bonds is 4. The number of hydrogen-bond acceptors (Lipinski definition) is 6. The number of carbonyl (C=O) groups is 2. The lowest BCUT2D eigenvalue weighted by Crippen LogP contribution is -2.52. The fourth-order valence-electron chi connectivity index (χ4n) is 1.96. The predicted octanol–water partition coefficient (Wildman–Crippen LogP) is 0.267. The van der Waals surface area contributed by atoms with E-state index < -0.39 is 23.8 Å². The van der Waals surface area contributed by atoms with Gasteiger partial charge in [-0.3, -0.25) is 4.79 Å². The first-order valence-electron chi connectivity index (χ1n) is 5.89. The Morgan fingerprint density at radius 2 is 2.17 bits per heavy atom. The number of carbonyl (C=O) groups excluding carboxylic acids is 2. The number of Topliss-reactive ketones (excluding diaryl/α,β-unsaturated/α-hetero) is 1. The van der Waals surface area contributed by atoms with Crippen LogP contribution in [-0.2, 0) is 23.8 Å². The summed E-state index contributed by atoms with van der Waals surface area (Å²) in [4.78, 5) is 23.2. The molecule has 6 nitrogen and oxygen atoms in total. The van der Waals surface area contributed by atoms with E-state index in [-0.39, 0.29) is 24.9 Å². The van der Waals surface area contributed by atoms with Crippen LogP contribution in [-0.4, -0.2) is 48.6 Å². The van der Waals surface area contributed by atoms with Crippen LogP contribution in [0.4, 0.5) is 0 Å². The van der Waals surface area contributed by atoms with Crippen molar-refractivity contribution >= 4 is 11.8 Å². The molecule has 0 bridgehead atoms. The molecule has 1 saturated heterocycles. The lowest BCUT2D eigenvalue weighted by atomic mass is 9.82. The van der Waals surface area contributed by atoms with E-state index >= 15 is 0 Å². The van der Waals surface area contributed by atoms with Gasteiger partial charge in [0.15, 0.2) is 17.7 Å². The number of esters is 1. The van der Waals surface area contributed by atoms with Crippen molar-refractivity contribution in [2.24, 2.45) is 5.92 Å². The zero-order valence-corrected chi connectivity index (χ0v) is 11.1. The second-order valence-electron chi connectivity index (χ2n) is 4.82. The molecule has 0 aromatic heterocycles. The van der Waals surface area contributed by atoms with Gasteiger partial charge in [-0.1, -0.05) is 0 Å². The Hall–Kier alpha value is -0.980. The predicted molar refractivity (Wildman–Crippen MR) is 61.7 cm³/mol. The van der Waals surface area contributed by atoms with Crippen molar-refractivity contribution in [3.63, 3.8) is 0 Å². The Bertz CT molecular complexity index is 323. The normalized spacial score (nSPS) is 28.0.